The third-order valence-corrected chi connectivity index (χ3v) is 5.27. The van der Waals surface area contributed by atoms with E-state index < -0.39 is 0 Å². The highest BCUT2D eigenvalue weighted by Gasteiger charge is 2.32. The van der Waals surface area contributed by atoms with Crippen LogP contribution in [0.5, 0.6) is 5.75 Å². The van der Waals surface area contributed by atoms with Gasteiger partial charge in [0.25, 0.3) is 0 Å². The van der Waals surface area contributed by atoms with Crippen LogP contribution in [0.25, 0.3) is 0 Å². The van der Waals surface area contributed by atoms with Gasteiger partial charge in [0.1, 0.15) is 11.8 Å². The minimum atomic E-state index is -0.290. The van der Waals surface area contributed by atoms with E-state index in [1.54, 1.807) is 12.0 Å². The molecule has 0 bridgehead atoms. The van der Waals surface area contributed by atoms with Gasteiger partial charge in [-0.15, -0.1) is 0 Å². The lowest BCUT2D eigenvalue weighted by atomic mass is 9.82. The fourth-order valence-corrected chi connectivity index (χ4v) is 3.99. The van der Waals surface area contributed by atoms with E-state index in [1.165, 1.54) is 18.1 Å². The Kier molecular flexibility index (Phi) is 5.07. The minimum absolute atomic E-state index is 0.0108. The van der Waals surface area contributed by atoms with Gasteiger partial charge in [0, 0.05) is 25.9 Å². The highest BCUT2D eigenvalue weighted by molar-refractivity contribution is 5.87. The standard InChI is InChI=1S/C19H26N2O3/c1-13(22)21-10-4-7-18(21)19(23)20-12-15-6-3-5-14-11-16(24-2)8-9-17(14)15/h8-9,11,15,18H,3-7,10,12H2,1-2H3,(H,20,23)/t15-,18-/m0/s1. The molecule has 1 saturated heterocycles. The average molecular weight is 330 g/mol. The number of hydrogen-bond donors (Lipinski definition) is 1. The number of rotatable bonds is 4. The first kappa shape index (κ1) is 16.8. The molecule has 2 aliphatic rings. The molecule has 0 aromatic heterocycles. The molecule has 1 aliphatic heterocycles. The second kappa shape index (κ2) is 7.24. The van der Waals surface area contributed by atoms with Gasteiger partial charge in [0.05, 0.1) is 7.11 Å². The number of carbonyl (C=O) groups excluding carboxylic acids is 2. The highest BCUT2D eigenvalue weighted by atomic mass is 16.5. The molecule has 130 valence electrons. The molecule has 1 aliphatic carbocycles. The quantitative estimate of drug-likeness (QED) is 0.921. The molecular weight excluding hydrogens is 304 g/mol. The van der Waals surface area contributed by atoms with Gasteiger partial charge in [-0.3, -0.25) is 9.59 Å². The lowest BCUT2D eigenvalue weighted by molar-refractivity contribution is -0.136. The van der Waals surface area contributed by atoms with Gasteiger partial charge < -0.3 is 15.0 Å². The highest BCUT2D eigenvalue weighted by Crippen LogP contribution is 2.33. The average Bonchev–Trinajstić information content (AvgIpc) is 3.09. The van der Waals surface area contributed by atoms with E-state index in [0.29, 0.717) is 19.0 Å². The maximum atomic E-state index is 12.5. The molecule has 1 heterocycles. The number of fused-ring (bicyclic) bond motifs is 1. The van der Waals surface area contributed by atoms with Crippen LogP contribution >= 0.6 is 0 Å². The third-order valence-electron chi connectivity index (χ3n) is 5.27. The van der Waals surface area contributed by atoms with Crippen LogP contribution in [0.2, 0.25) is 0 Å². The normalized spacial score (nSPS) is 22.8. The first-order chi connectivity index (χ1) is 11.6. The molecule has 1 aromatic rings. The van der Waals surface area contributed by atoms with E-state index in [1.807, 2.05) is 6.07 Å². The van der Waals surface area contributed by atoms with Crippen LogP contribution in [0.1, 0.15) is 49.7 Å². The molecule has 0 unspecified atom stereocenters. The van der Waals surface area contributed by atoms with Gasteiger partial charge in [-0.1, -0.05) is 6.07 Å². The number of benzene rings is 1. The van der Waals surface area contributed by atoms with E-state index in [4.69, 9.17) is 4.74 Å². The molecule has 1 N–H and O–H groups in total. The number of hydrogen-bond acceptors (Lipinski definition) is 3. The molecule has 5 heteroatoms. The molecule has 3 rings (SSSR count). The van der Waals surface area contributed by atoms with E-state index in [2.05, 4.69) is 17.4 Å². The van der Waals surface area contributed by atoms with Crippen molar-refractivity contribution in [2.45, 2.75) is 51.0 Å². The Morgan fingerprint density at radius 1 is 1.29 bits per heavy atom. The Balaban J connectivity index is 1.63. The summed E-state index contributed by atoms with van der Waals surface area (Å²) in [6.45, 7) is 2.87. The van der Waals surface area contributed by atoms with Crippen molar-refractivity contribution in [1.82, 2.24) is 10.2 Å². The summed E-state index contributed by atoms with van der Waals surface area (Å²) < 4.78 is 5.31. The zero-order valence-electron chi connectivity index (χ0n) is 14.5. The van der Waals surface area contributed by atoms with Crippen LogP contribution < -0.4 is 10.1 Å². The number of carbonyl (C=O) groups is 2. The topological polar surface area (TPSA) is 58.6 Å². The van der Waals surface area contributed by atoms with Crippen molar-refractivity contribution in [3.05, 3.63) is 29.3 Å². The molecular formula is C19H26N2O3. The number of amides is 2. The number of nitrogens with one attached hydrogen (secondary N) is 1. The SMILES string of the molecule is COc1ccc2c(c1)CCC[C@H]2CNC(=O)[C@@H]1CCCN1C(C)=O. The summed E-state index contributed by atoms with van der Waals surface area (Å²) in [7, 11) is 1.69. The zero-order chi connectivity index (χ0) is 17.1. The number of methoxy groups -OCH3 is 1. The summed E-state index contributed by atoms with van der Waals surface area (Å²) in [6.07, 6.45) is 4.95. The fraction of sp³-hybridized carbons (Fsp3) is 0.579. The second-order valence-electron chi connectivity index (χ2n) is 6.77. The summed E-state index contributed by atoms with van der Waals surface area (Å²) in [5.41, 5.74) is 2.64. The summed E-state index contributed by atoms with van der Waals surface area (Å²) in [4.78, 5) is 25.8. The molecule has 1 fully saturated rings. The minimum Gasteiger partial charge on any atom is -0.497 e. The van der Waals surface area contributed by atoms with Crippen molar-refractivity contribution < 1.29 is 14.3 Å². The number of ether oxygens (including phenoxy) is 1. The predicted octanol–water partition coefficient (Wildman–Crippen LogP) is 2.24. The maximum absolute atomic E-state index is 12.5. The van der Waals surface area contributed by atoms with E-state index >= 15 is 0 Å². The molecule has 24 heavy (non-hydrogen) atoms. The van der Waals surface area contributed by atoms with Crippen LogP contribution in [0.3, 0.4) is 0 Å². The summed E-state index contributed by atoms with van der Waals surface area (Å²) >= 11 is 0. The Bertz CT molecular complexity index is 629. The van der Waals surface area contributed by atoms with E-state index in [-0.39, 0.29) is 17.9 Å². The summed E-state index contributed by atoms with van der Waals surface area (Å²) in [6, 6.07) is 5.94. The van der Waals surface area contributed by atoms with Crippen LogP contribution in [0, 0.1) is 0 Å². The van der Waals surface area contributed by atoms with Crippen molar-refractivity contribution >= 4 is 11.8 Å². The number of aryl methyl sites for hydroxylation is 1. The smallest absolute Gasteiger partial charge is 0.242 e. The maximum Gasteiger partial charge on any atom is 0.242 e. The van der Waals surface area contributed by atoms with Gasteiger partial charge in [-0.25, -0.2) is 0 Å². The lowest BCUT2D eigenvalue weighted by Gasteiger charge is -2.28. The van der Waals surface area contributed by atoms with Crippen LogP contribution in [0.4, 0.5) is 0 Å². The Morgan fingerprint density at radius 2 is 2.12 bits per heavy atom. The molecule has 5 nitrogen and oxygen atoms in total. The Hall–Kier alpha value is -2.04. The molecule has 0 spiro atoms. The van der Waals surface area contributed by atoms with E-state index in [0.717, 1.165) is 37.9 Å². The molecule has 0 saturated carbocycles. The van der Waals surface area contributed by atoms with E-state index in [9.17, 15) is 9.59 Å². The third kappa shape index (κ3) is 3.40. The zero-order valence-corrected chi connectivity index (χ0v) is 14.5. The van der Waals surface area contributed by atoms with Crippen molar-refractivity contribution in [2.24, 2.45) is 0 Å². The number of likely N-dealkylation sites (tertiary alicyclic amines) is 1. The Labute approximate surface area is 143 Å². The van der Waals surface area contributed by atoms with Crippen LogP contribution in [-0.2, 0) is 16.0 Å². The monoisotopic (exact) mass is 330 g/mol. The second-order valence-corrected chi connectivity index (χ2v) is 6.77. The first-order valence-electron chi connectivity index (χ1n) is 8.82. The lowest BCUT2D eigenvalue weighted by Crippen LogP contribution is -2.46. The van der Waals surface area contributed by atoms with Gasteiger partial charge in [0.15, 0.2) is 0 Å². The Morgan fingerprint density at radius 3 is 2.88 bits per heavy atom. The number of nitrogens with zero attached hydrogens (tertiary/aromatic N) is 1. The molecule has 2 atom stereocenters. The van der Waals surface area contributed by atoms with Gasteiger partial charge >= 0.3 is 0 Å². The van der Waals surface area contributed by atoms with Crippen LogP contribution in [0.15, 0.2) is 18.2 Å². The molecule has 2 amide bonds. The van der Waals surface area contributed by atoms with Crippen molar-refractivity contribution in [1.29, 1.82) is 0 Å². The van der Waals surface area contributed by atoms with Crippen molar-refractivity contribution in [3.8, 4) is 5.75 Å². The molecule has 1 aromatic carbocycles. The van der Waals surface area contributed by atoms with Crippen molar-refractivity contribution in [2.75, 3.05) is 20.2 Å². The predicted molar refractivity (Wildman–Crippen MR) is 92.1 cm³/mol. The van der Waals surface area contributed by atoms with Gasteiger partial charge in [-0.05, 0) is 55.4 Å². The fourth-order valence-electron chi connectivity index (χ4n) is 3.99. The van der Waals surface area contributed by atoms with Gasteiger partial charge in [-0.2, -0.15) is 0 Å². The van der Waals surface area contributed by atoms with Crippen molar-refractivity contribution in [3.63, 3.8) is 0 Å². The summed E-state index contributed by atoms with van der Waals surface area (Å²) in [5, 5.41) is 3.08. The first-order valence-corrected chi connectivity index (χ1v) is 8.82. The largest absolute Gasteiger partial charge is 0.497 e. The van der Waals surface area contributed by atoms with Crippen LogP contribution in [-0.4, -0.2) is 43.0 Å². The van der Waals surface area contributed by atoms with Gasteiger partial charge in [0.2, 0.25) is 11.8 Å². The summed E-state index contributed by atoms with van der Waals surface area (Å²) in [5.74, 6) is 1.21. The molecule has 0 radical (unpaired) electrons.